The summed E-state index contributed by atoms with van der Waals surface area (Å²) in [7, 11) is -4.76. The third kappa shape index (κ3) is 4.23. The van der Waals surface area contributed by atoms with Crippen molar-refractivity contribution in [2.45, 2.75) is 25.8 Å². The number of nitrogens with two attached hydrogens (primary N) is 1. The first-order valence-corrected chi connectivity index (χ1v) is 9.61. The van der Waals surface area contributed by atoms with E-state index in [4.69, 9.17) is 15.4 Å². The van der Waals surface area contributed by atoms with Crippen molar-refractivity contribution in [2.24, 2.45) is 11.1 Å². The predicted molar refractivity (Wildman–Crippen MR) is 92.2 cm³/mol. The number of carbonyl (C=O) groups excluding carboxylic acids is 2. The molecule has 2 heterocycles. The minimum Gasteiger partial charge on any atom is -0.479 e. The molecule has 1 atom stereocenters. The molecule has 0 saturated carbocycles. The van der Waals surface area contributed by atoms with E-state index in [-0.39, 0.29) is 20.8 Å². The number of rotatable bonds is 8. The first-order chi connectivity index (χ1) is 12.4. The van der Waals surface area contributed by atoms with E-state index in [0.717, 1.165) is 11.3 Å². The van der Waals surface area contributed by atoms with Crippen LogP contribution in [0.3, 0.4) is 0 Å². The van der Waals surface area contributed by atoms with Gasteiger partial charge in [0.25, 0.3) is 0 Å². The first-order valence-electron chi connectivity index (χ1n) is 7.33. The fourth-order valence-electron chi connectivity index (χ4n) is 2.62. The number of amides is 1. The highest BCUT2D eigenvalue weighted by atomic mass is 32.2. The van der Waals surface area contributed by atoms with Gasteiger partial charge in [0.15, 0.2) is 16.6 Å². The summed E-state index contributed by atoms with van der Waals surface area (Å²) >= 11 is 1.01. The number of aliphatic carboxylic acids is 1. The number of β-lactam (4-membered cyclic amide) rings is 1. The number of hydrogen-bond acceptors (Lipinski definition) is 10. The Bertz CT molecular complexity index is 920. The van der Waals surface area contributed by atoms with Gasteiger partial charge in [0.05, 0.1) is 11.5 Å². The molecule has 1 amide bonds. The molecule has 0 aliphatic carbocycles. The molecule has 1 aromatic rings. The minimum atomic E-state index is -4.76. The lowest BCUT2D eigenvalue weighted by Crippen LogP contribution is -2.69. The molecule has 0 radical (unpaired) electrons. The maximum Gasteiger partial charge on any atom is 0.362 e. The lowest BCUT2D eigenvalue weighted by molar-refractivity contribution is -0.156. The number of carbonyl (C=O) groups is 3. The van der Waals surface area contributed by atoms with Gasteiger partial charge in [0.2, 0.25) is 12.5 Å². The molecule has 0 bridgehead atoms. The van der Waals surface area contributed by atoms with E-state index in [0.29, 0.717) is 0 Å². The van der Waals surface area contributed by atoms with Gasteiger partial charge in [-0.3, -0.25) is 14.1 Å². The van der Waals surface area contributed by atoms with Gasteiger partial charge in [-0.2, -0.15) is 8.42 Å². The molecule has 14 heteroatoms. The highest BCUT2D eigenvalue weighted by Gasteiger charge is 2.59. The van der Waals surface area contributed by atoms with Crippen molar-refractivity contribution in [3.8, 4) is 0 Å². The van der Waals surface area contributed by atoms with Crippen LogP contribution in [0, 0.1) is 5.92 Å². The van der Waals surface area contributed by atoms with E-state index in [1.54, 1.807) is 0 Å². The SMILES string of the molecule is CC1(C)[C@H](CC(=O)/C(=N\OCC(=O)O)c2csc(N)n2)C(=O)N1S(=O)(=O)O. The number of ketones is 1. The number of aromatic nitrogens is 1. The van der Waals surface area contributed by atoms with Gasteiger partial charge in [-0.25, -0.2) is 14.1 Å². The Morgan fingerprint density at radius 3 is 2.56 bits per heavy atom. The van der Waals surface area contributed by atoms with E-state index in [9.17, 15) is 22.8 Å². The Morgan fingerprint density at radius 2 is 2.11 bits per heavy atom. The number of carboxylic acids is 1. The summed E-state index contributed by atoms with van der Waals surface area (Å²) in [6, 6.07) is 0. The van der Waals surface area contributed by atoms with Crippen molar-refractivity contribution < 1.29 is 37.3 Å². The summed E-state index contributed by atoms with van der Waals surface area (Å²) in [6.45, 7) is 1.94. The molecular weight excluding hydrogens is 404 g/mol. The highest BCUT2D eigenvalue weighted by Crippen LogP contribution is 2.41. The van der Waals surface area contributed by atoms with Crippen molar-refractivity contribution in [2.75, 3.05) is 12.3 Å². The van der Waals surface area contributed by atoms with Crippen LogP contribution < -0.4 is 5.73 Å². The van der Waals surface area contributed by atoms with Crippen LogP contribution >= 0.6 is 11.3 Å². The molecule has 0 unspecified atom stereocenters. The topological polar surface area (TPSA) is 190 Å². The third-order valence-electron chi connectivity index (χ3n) is 3.87. The van der Waals surface area contributed by atoms with Crippen LogP contribution in [0.4, 0.5) is 5.13 Å². The molecule has 1 aliphatic rings. The van der Waals surface area contributed by atoms with E-state index in [1.165, 1.54) is 19.2 Å². The van der Waals surface area contributed by atoms with Crippen molar-refractivity contribution in [3.05, 3.63) is 11.1 Å². The first kappa shape index (κ1) is 20.7. The van der Waals surface area contributed by atoms with Crippen LogP contribution in [0.5, 0.6) is 0 Å². The molecule has 4 N–H and O–H groups in total. The minimum absolute atomic E-state index is 0.0316. The number of nitrogens with zero attached hydrogens (tertiary/aromatic N) is 3. The summed E-state index contributed by atoms with van der Waals surface area (Å²) in [6.07, 6.45) is -0.454. The Balaban J connectivity index is 2.24. The zero-order chi connectivity index (χ0) is 20.6. The van der Waals surface area contributed by atoms with Crippen molar-refractivity contribution >= 4 is 50.1 Å². The Morgan fingerprint density at radius 1 is 1.48 bits per heavy atom. The highest BCUT2D eigenvalue weighted by molar-refractivity contribution is 7.84. The van der Waals surface area contributed by atoms with E-state index in [2.05, 4.69) is 15.0 Å². The molecule has 1 fully saturated rings. The van der Waals surface area contributed by atoms with Gasteiger partial charge in [-0.15, -0.1) is 11.3 Å². The summed E-state index contributed by atoms with van der Waals surface area (Å²) in [5.41, 5.74) is 3.86. The van der Waals surface area contributed by atoms with Crippen LogP contribution in [0.25, 0.3) is 0 Å². The summed E-state index contributed by atoms with van der Waals surface area (Å²) in [5, 5.41) is 13.6. The van der Waals surface area contributed by atoms with E-state index in [1.807, 2.05) is 0 Å². The maximum absolute atomic E-state index is 12.6. The average molecular weight is 420 g/mol. The second-order valence-corrected chi connectivity index (χ2v) is 8.24. The van der Waals surface area contributed by atoms with Crippen molar-refractivity contribution in [3.63, 3.8) is 0 Å². The van der Waals surface area contributed by atoms with Gasteiger partial charge in [-0.1, -0.05) is 5.16 Å². The Hall–Kier alpha value is -2.58. The van der Waals surface area contributed by atoms with Crippen molar-refractivity contribution in [1.29, 1.82) is 0 Å². The molecule has 0 aromatic carbocycles. The Kier molecular flexibility index (Phi) is 5.53. The zero-order valence-corrected chi connectivity index (χ0v) is 15.8. The van der Waals surface area contributed by atoms with Gasteiger partial charge in [0.1, 0.15) is 5.69 Å². The monoisotopic (exact) mass is 420 g/mol. The second kappa shape index (κ2) is 7.21. The van der Waals surface area contributed by atoms with Gasteiger partial charge >= 0.3 is 16.3 Å². The smallest absolute Gasteiger partial charge is 0.362 e. The number of anilines is 1. The van der Waals surface area contributed by atoms with Crippen LogP contribution in [0.1, 0.15) is 26.0 Å². The standard InChI is InChI=1S/C13H16N4O8S2/c1-13(2)6(11(21)17(13)27(22,23)24)3-8(18)10(16-25-4-9(19)20)7-5-26-12(14)15-7/h5-6H,3-4H2,1-2H3,(H2,14,15)(H,19,20)(H,22,23,24)/b16-10-/t6-/m1/s1. The number of thiazole rings is 1. The Labute approximate surface area is 157 Å². The van der Waals surface area contributed by atoms with Crippen LogP contribution in [-0.4, -0.2) is 62.9 Å². The van der Waals surface area contributed by atoms with Crippen LogP contribution in [0.2, 0.25) is 0 Å². The molecule has 12 nitrogen and oxygen atoms in total. The third-order valence-corrected chi connectivity index (χ3v) is 5.65. The van der Waals surface area contributed by atoms with E-state index < -0.39 is 52.4 Å². The van der Waals surface area contributed by atoms with Gasteiger partial charge in [-0.05, 0) is 13.8 Å². The largest absolute Gasteiger partial charge is 0.479 e. The molecule has 2 rings (SSSR count). The molecule has 27 heavy (non-hydrogen) atoms. The van der Waals surface area contributed by atoms with Gasteiger partial charge in [0, 0.05) is 11.8 Å². The summed E-state index contributed by atoms with van der Waals surface area (Å²) in [5.74, 6) is -4.04. The molecule has 148 valence electrons. The number of carboxylic acid groups (broad SMARTS) is 1. The van der Waals surface area contributed by atoms with Gasteiger partial charge < -0.3 is 15.7 Å². The molecule has 1 saturated heterocycles. The molecule has 0 spiro atoms. The normalized spacial score (nSPS) is 19.5. The van der Waals surface area contributed by atoms with Crippen LogP contribution in [0.15, 0.2) is 10.5 Å². The maximum atomic E-state index is 12.6. The summed E-state index contributed by atoms with van der Waals surface area (Å²) in [4.78, 5) is 43.7. The fraction of sp³-hybridized carbons (Fsp3) is 0.462. The molecule has 1 aliphatic heterocycles. The second-order valence-electron chi connectivity index (χ2n) is 6.09. The predicted octanol–water partition coefficient (Wildman–Crippen LogP) is -0.470. The number of hydrogen-bond donors (Lipinski definition) is 3. The fourth-order valence-corrected chi connectivity index (χ4v) is 4.25. The lowest BCUT2D eigenvalue weighted by Gasteiger charge is -2.50. The molecule has 1 aromatic heterocycles. The number of Topliss-reactive ketones (excluding diaryl/α,β-unsaturated/α-hetero) is 1. The quantitative estimate of drug-likeness (QED) is 0.214. The van der Waals surface area contributed by atoms with Crippen molar-refractivity contribution in [1.82, 2.24) is 9.29 Å². The van der Waals surface area contributed by atoms with E-state index >= 15 is 0 Å². The number of oxime groups is 1. The zero-order valence-electron chi connectivity index (χ0n) is 14.1. The van der Waals surface area contributed by atoms with Crippen LogP contribution in [-0.2, 0) is 29.5 Å². The average Bonchev–Trinajstić information content (AvgIpc) is 2.93. The molecular formula is C13H16N4O8S2. The number of nitrogen functional groups attached to an aromatic ring is 1. The summed E-state index contributed by atoms with van der Waals surface area (Å²) < 4.78 is 32.0. The lowest BCUT2D eigenvalue weighted by atomic mass is 9.75.